The highest BCUT2D eigenvalue weighted by Crippen LogP contribution is 2.41. The molecule has 5 atom stereocenters. The Hall–Kier alpha value is -1.29. The van der Waals surface area contributed by atoms with E-state index < -0.39 is 6.29 Å². The van der Waals surface area contributed by atoms with Crippen LogP contribution in [-0.2, 0) is 19.0 Å². The largest absolute Gasteiger partial charge is 0.469 e. The fourth-order valence-electron chi connectivity index (χ4n) is 2.98. The van der Waals surface area contributed by atoms with Gasteiger partial charge in [0.15, 0.2) is 0 Å². The van der Waals surface area contributed by atoms with Gasteiger partial charge in [-0.1, -0.05) is 20.4 Å². The first-order valence-electron chi connectivity index (χ1n) is 6.80. The summed E-state index contributed by atoms with van der Waals surface area (Å²) < 4.78 is 17.3. The maximum absolute atomic E-state index is 11.3. The van der Waals surface area contributed by atoms with E-state index in [-0.39, 0.29) is 30.0 Å². The maximum Gasteiger partial charge on any atom is 0.302 e. The molecule has 0 bridgehead atoms. The Bertz CT molecular complexity index is 412. The number of esters is 1. The summed E-state index contributed by atoms with van der Waals surface area (Å²) in [4.78, 5) is 11.3. The maximum atomic E-state index is 11.3. The number of carbonyl (C=O) groups is 1. The Morgan fingerprint density at radius 1 is 1.53 bits per heavy atom. The molecule has 0 radical (unpaired) electrons. The summed E-state index contributed by atoms with van der Waals surface area (Å²) in [5.74, 6) is 0.524. The summed E-state index contributed by atoms with van der Waals surface area (Å²) in [5.41, 5.74) is 0.904. The van der Waals surface area contributed by atoms with Crippen LogP contribution in [0.1, 0.15) is 34.1 Å². The number of allylic oxidation sites excluding steroid dienone is 2. The number of fused-ring (bicyclic) bond motifs is 1. The van der Waals surface area contributed by atoms with Crippen LogP contribution in [0.25, 0.3) is 0 Å². The van der Waals surface area contributed by atoms with E-state index in [9.17, 15) is 4.79 Å². The summed E-state index contributed by atoms with van der Waals surface area (Å²) in [6.07, 6.45) is 2.14. The second-order valence-electron chi connectivity index (χ2n) is 5.36. The van der Waals surface area contributed by atoms with Gasteiger partial charge in [-0.15, -0.1) is 0 Å². The average Bonchev–Trinajstić information content (AvgIpc) is 2.31. The second kappa shape index (κ2) is 5.37. The van der Waals surface area contributed by atoms with Crippen molar-refractivity contribution in [1.82, 2.24) is 0 Å². The molecule has 0 N–H and O–H groups in total. The van der Waals surface area contributed by atoms with Crippen molar-refractivity contribution in [3.63, 3.8) is 0 Å². The van der Waals surface area contributed by atoms with Gasteiger partial charge in [0, 0.05) is 12.8 Å². The van der Waals surface area contributed by atoms with Gasteiger partial charge in [-0.3, -0.25) is 4.79 Å². The van der Waals surface area contributed by atoms with Gasteiger partial charge >= 0.3 is 5.97 Å². The lowest BCUT2D eigenvalue weighted by Gasteiger charge is -2.46. The van der Waals surface area contributed by atoms with Crippen molar-refractivity contribution in [3.8, 4) is 0 Å². The summed E-state index contributed by atoms with van der Waals surface area (Å²) in [6, 6.07) is 0. The summed E-state index contributed by atoms with van der Waals surface area (Å²) in [5, 5.41) is 0. The first-order valence-corrected chi connectivity index (χ1v) is 6.80. The molecule has 0 aromatic rings. The number of rotatable bonds is 2. The zero-order valence-electron chi connectivity index (χ0n) is 12.0. The average molecular weight is 266 g/mol. The summed E-state index contributed by atoms with van der Waals surface area (Å²) in [7, 11) is 0. The fourth-order valence-corrected chi connectivity index (χ4v) is 2.98. The van der Waals surface area contributed by atoms with E-state index in [1.54, 1.807) is 0 Å². The molecule has 2 aliphatic heterocycles. The molecule has 2 rings (SSSR count). The summed E-state index contributed by atoms with van der Waals surface area (Å²) >= 11 is 0. The highest BCUT2D eigenvalue weighted by atomic mass is 16.7. The lowest BCUT2D eigenvalue weighted by molar-refractivity contribution is -0.252. The van der Waals surface area contributed by atoms with Gasteiger partial charge in [0.25, 0.3) is 0 Å². The van der Waals surface area contributed by atoms with Crippen LogP contribution in [0.2, 0.25) is 0 Å². The van der Waals surface area contributed by atoms with Crippen LogP contribution in [0.15, 0.2) is 24.0 Å². The molecule has 3 unspecified atom stereocenters. The van der Waals surface area contributed by atoms with Crippen molar-refractivity contribution in [2.45, 2.75) is 52.6 Å². The molecular formula is C15H22O4. The molecule has 0 aliphatic carbocycles. The number of hydrogen-bond donors (Lipinski definition) is 0. The lowest BCUT2D eigenvalue weighted by Crippen LogP contribution is -2.53. The molecular weight excluding hydrogens is 244 g/mol. The van der Waals surface area contributed by atoms with Crippen LogP contribution in [0.3, 0.4) is 0 Å². The third-order valence-corrected chi connectivity index (χ3v) is 3.88. The molecule has 19 heavy (non-hydrogen) atoms. The highest BCUT2D eigenvalue weighted by molar-refractivity contribution is 5.66. The molecule has 0 spiro atoms. The minimum Gasteiger partial charge on any atom is -0.469 e. The van der Waals surface area contributed by atoms with Gasteiger partial charge in [-0.2, -0.15) is 0 Å². The zero-order chi connectivity index (χ0) is 14.2. The second-order valence-corrected chi connectivity index (χ2v) is 5.36. The Kier molecular flexibility index (Phi) is 3.99. The SMILES string of the molecule is C=C1C=C(C)O[C@@H]2OC(CC)[C@H](C)C(OC(C)=O)C12. The smallest absolute Gasteiger partial charge is 0.302 e. The third-order valence-electron chi connectivity index (χ3n) is 3.88. The minimum atomic E-state index is -0.400. The molecule has 1 fully saturated rings. The first-order chi connectivity index (χ1) is 8.93. The molecule has 2 heterocycles. The normalized spacial score (nSPS) is 38.0. The van der Waals surface area contributed by atoms with Crippen LogP contribution < -0.4 is 0 Å². The van der Waals surface area contributed by atoms with Crippen molar-refractivity contribution >= 4 is 5.97 Å². The number of hydrogen-bond acceptors (Lipinski definition) is 4. The third kappa shape index (κ3) is 2.68. The predicted molar refractivity (Wildman–Crippen MR) is 71.1 cm³/mol. The van der Waals surface area contributed by atoms with Crippen molar-refractivity contribution in [3.05, 3.63) is 24.0 Å². The lowest BCUT2D eigenvalue weighted by atomic mass is 9.79. The molecule has 0 saturated carbocycles. The Morgan fingerprint density at radius 3 is 2.79 bits per heavy atom. The topological polar surface area (TPSA) is 44.8 Å². The van der Waals surface area contributed by atoms with Crippen molar-refractivity contribution in [1.29, 1.82) is 0 Å². The van der Waals surface area contributed by atoms with E-state index in [0.29, 0.717) is 0 Å². The Balaban J connectivity index is 2.30. The number of ether oxygens (including phenoxy) is 3. The summed E-state index contributed by atoms with van der Waals surface area (Å²) in [6.45, 7) is 11.5. The predicted octanol–water partition coefficient (Wildman–Crippen LogP) is 2.80. The molecule has 4 nitrogen and oxygen atoms in total. The fraction of sp³-hybridized carbons (Fsp3) is 0.667. The van der Waals surface area contributed by atoms with Crippen LogP contribution in [-0.4, -0.2) is 24.5 Å². The van der Waals surface area contributed by atoms with Crippen LogP contribution in [0.5, 0.6) is 0 Å². The van der Waals surface area contributed by atoms with Crippen molar-refractivity contribution < 1.29 is 19.0 Å². The molecule has 0 aromatic heterocycles. The Morgan fingerprint density at radius 2 is 2.21 bits per heavy atom. The van der Waals surface area contributed by atoms with Crippen LogP contribution in [0.4, 0.5) is 0 Å². The molecule has 106 valence electrons. The molecule has 2 aliphatic rings. The van der Waals surface area contributed by atoms with Gasteiger partial charge in [-0.05, 0) is 25.0 Å². The highest BCUT2D eigenvalue weighted by Gasteiger charge is 2.48. The van der Waals surface area contributed by atoms with E-state index in [1.807, 2.05) is 13.0 Å². The van der Waals surface area contributed by atoms with Crippen LogP contribution in [0, 0.1) is 11.8 Å². The molecule has 0 amide bonds. The van der Waals surface area contributed by atoms with E-state index in [0.717, 1.165) is 17.8 Å². The molecule has 0 aromatic carbocycles. The van der Waals surface area contributed by atoms with Gasteiger partial charge in [-0.25, -0.2) is 0 Å². The molecule has 1 saturated heterocycles. The zero-order valence-corrected chi connectivity index (χ0v) is 12.0. The quantitative estimate of drug-likeness (QED) is 0.721. The monoisotopic (exact) mass is 266 g/mol. The van der Waals surface area contributed by atoms with E-state index >= 15 is 0 Å². The van der Waals surface area contributed by atoms with Gasteiger partial charge in [0.05, 0.1) is 17.8 Å². The van der Waals surface area contributed by atoms with E-state index in [2.05, 4.69) is 20.4 Å². The van der Waals surface area contributed by atoms with E-state index in [4.69, 9.17) is 14.2 Å². The molecule has 4 heteroatoms. The van der Waals surface area contributed by atoms with Crippen molar-refractivity contribution in [2.24, 2.45) is 11.8 Å². The first kappa shape index (κ1) is 14.1. The minimum absolute atomic E-state index is 0.0318. The van der Waals surface area contributed by atoms with E-state index in [1.165, 1.54) is 6.92 Å². The van der Waals surface area contributed by atoms with Gasteiger partial charge in [0.2, 0.25) is 6.29 Å². The standard InChI is InChI=1S/C15H22O4/c1-6-12-10(4)14(18-11(5)16)13-8(2)7-9(3)17-15(13)19-12/h7,10,12-15H,2,6H2,1,3-5H3/t10-,12?,13?,14?,15+/m0/s1. The number of carbonyl (C=O) groups excluding carboxylic acids is 1. The Labute approximate surface area is 114 Å². The van der Waals surface area contributed by atoms with Gasteiger partial charge < -0.3 is 14.2 Å². The van der Waals surface area contributed by atoms with Gasteiger partial charge in [0.1, 0.15) is 6.10 Å². The van der Waals surface area contributed by atoms with Crippen LogP contribution >= 0.6 is 0 Å². The van der Waals surface area contributed by atoms with Crippen molar-refractivity contribution in [2.75, 3.05) is 0 Å².